The first-order valence-corrected chi connectivity index (χ1v) is 14.6. The lowest BCUT2D eigenvalue weighted by Crippen LogP contribution is -2.30. The van der Waals surface area contributed by atoms with Crippen LogP contribution >= 0.6 is 0 Å². The third-order valence-electron chi connectivity index (χ3n) is 8.53. The second-order valence-corrected chi connectivity index (χ2v) is 12.3. The Morgan fingerprint density at radius 3 is 2.35 bits per heavy atom. The number of fused-ring (bicyclic) bond motifs is 2. The number of amides is 1. The molecule has 1 aliphatic carbocycles. The molecule has 0 radical (unpaired) electrons. The molecule has 1 amide bonds. The van der Waals surface area contributed by atoms with Crippen molar-refractivity contribution in [1.82, 2.24) is 4.98 Å². The average molecular weight is 570 g/mol. The van der Waals surface area contributed by atoms with Gasteiger partial charge in [-0.1, -0.05) is 80.6 Å². The lowest BCUT2D eigenvalue weighted by atomic mass is 9.74. The molecule has 0 saturated carbocycles. The van der Waals surface area contributed by atoms with E-state index < -0.39 is 5.92 Å². The summed E-state index contributed by atoms with van der Waals surface area (Å²) >= 11 is 0. The SMILES string of the molecule is CC1(C)CC(=O)C(c2[nH]c3ccccc3c2C2C(=O)N(Cc3ccccc3)c3ccccc32)=C(Nc2ccc(F)cc2)C1. The maximum atomic E-state index is 14.5. The summed E-state index contributed by atoms with van der Waals surface area (Å²) in [4.78, 5) is 34.0. The topological polar surface area (TPSA) is 65.2 Å². The van der Waals surface area contributed by atoms with Gasteiger partial charge in [0.1, 0.15) is 5.82 Å². The summed E-state index contributed by atoms with van der Waals surface area (Å²) in [6.45, 7) is 4.62. The molecule has 0 spiro atoms. The number of halogens is 1. The van der Waals surface area contributed by atoms with E-state index in [9.17, 15) is 14.0 Å². The van der Waals surface area contributed by atoms with Gasteiger partial charge in [-0.25, -0.2) is 4.39 Å². The highest BCUT2D eigenvalue weighted by Gasteiger charge is 2.43. The van der Waals surface area contributed by atoms with Crippen molar-refractivity contribution in [3.05, 3.63) is 137 Å². The number of H-pyrrole nitrogens is 1. The van der Waals surface area contributed by atoms with E-state index in [-0.39, 0.29) is 22.9 Å². The largest absolute Gasteiger partial charge is 0.358 e. The smallest absolute Gasteiger partial charge is 0.239 e. The lowest BCUT2D eigenvalue weighted by Gasteiger charge is -2.33. The molecule has 43 heavy (non-hydrogen) atoms. The fraction of sp³-hybridized carbons (Fsp3) is 0.189. The van der Waals surface area contributed by atoms with Gasteiger partial charge in [-0.2, -0.15) is 0 Å². The van der Waals surface area contributed by atoms with Crippen molar-refractivity contribution in [3.8, 4) is 0 Å². The quantitative estimate of drug-likeness (QED) is 0.217. The van der Waals surface area contributed by atoms with Gasteiger partial charge in [-0.3, -0.25) is 9.59 Å². The number of nitrogens with one attached hydrogen (secondary N) is 2. The van der Waals surface area contributed by atoms with Gasteiger partial charge in [0.05, 0.1) is 23.7 Å². The standard InChI is InChI=1S/C37H32FN3O2/c1-37(2)20-29(39-25-18-16-24(38)17-19-25)34(31(42)21-37)35-32(26-12-6-8-14-28(26)40-35)33-27-13-7-9-15-30(27)41(36(33)43)22-23-10-4-3-5-11-23/h3-19,33,39-40H,20-22H2,1-2H3. The van der Waals surface area contributed by atoms with Crippen LogP contribution in [0.3, 0.4) is 0 Å². The normalized spacial score (nSPS) is 17.9. The molecule has 2 N–H and O–H groups in total. The summed E-state index contributed by atoms with van der Waals surface area (Å²) in [5, 5.41) is 4.37. The minimum atomic E-state index is -0.589. The Kier molecular flexibility index (Phi) is 6.50. The molecule has 7 rings (SSSR count). The van der Waals surface area contributed by atoms with Crippen LogP contribution in [0, 0.1) is 11.2 Å². The number of anilines is 2. The number of benzene rings is 4. The number of para-hydroxylation sites is 2. The molecule has 5 nitrogen and oxygen atoms in total. The molecule has 214 valence electrons. The zero-order valence-corrected chi connectivity index (χ0v) is 24.2. The van der Waals surface area contributed by atoms with Crippen molar-refractivity contribution in [3.63, 3.8) is 0 Å². The molecule has 6 heteroatoms. The number of carbonyl (C=O) groups excluding carboxylic acids is 2. The molecule has 0 bridgehead atoms. The number of rotatable bonds is 6. The van der Waals surface area contributed by atoms with E-state index in [1.54, 1.807) is 12.1 Å². The van der Waals surface area contributed by atoms with Crippen LogP contribution in [0.5, 0.6) is 0 Å². The van der Waals surface area contributed by atoms with Gasteiger partial charge >= 0.3 is 0 Å². The third-order valence-corrected chi connectivity index (χ3v) is 8.53. The van der Waals surface area contributed by atoms with E-state index in [1.807, 2.05) is 83.8 Å². The van der Waals surface area contributed by atoms with E-state index in [1.165, 1.54) is 12.1 Å². The van der Waals surface area contributed by atoms with E-state index >= 15 is 0 Å². The molecular formula is C37H32FN3O2. The van der Waals surface area contributed by atoms with Gasteiger partial charge in [0.2, 0.25) is 5.91 Å². The summed E-state index contributed by atoms with van der Waals surface area (Å²) in [7, 11) is 0. The summed E-state index contributed by atoms with van der Waals surface area (Å²) in [5.74, 6) is -0.925. The van der Waals surface area contributed by atoms with Crippen LogP contribution in [0.15, 0.2) is 109 Å². The Labute approximate surface area is 250 Å². The second kappa shape index (κ2) is 10.4. The van der Waals surface area contributed by atoms with Crippen LogP contribution in [0.2, 0.25) is 0 Å². The Morgan fingerprint density at radius 2 is 1.56 bits per heavy atom. The predicted molar refractivity (Wildman–Crippen MR) is 169 cm³/mol. The van der Waals surface area contributed by atoms with Gasteiger partial charge in [-0.15, -0.1) is 0 Å². The molecule has 2 heterocycles. The Bertz CT molecular complexity index is 1900. The molecule has 1 aromatic heterocycles. The number of ketones is 1. The van der Waals surface area contributed by atoms with Gasteiger partial charge in [-0.05, 0) is 59.4 Å². The van der Waals surface area contributed by atoms with Crippen LogP contribution in [-0.2, 0) is 16.1 Å². The maximum Gasteiger partial charge on any atom is 0.239 e. The second-order valence-electron chi connectivity index (χ2n) is 12.3. The fourth-order valence-electron chi connectivity index (χ4n) is 6.68. The summed E-state index contributed by atoms with van der Waals surface area (Å²) < 4.78 is 13.7. The third kappa shape index (κ3) is 4.83. The zero-order valence-electron chi connectivity index (χ0n) is 24.2. The molecule has 0 fully saturated rings. The highest BCUT2D eigenvalue weighted by Crippen LogP contribution is 2.49. The number of aromatic nitrogens is 1. The summed E-state index contributed by atoms with van der Waals surface area (Å²) in [5.41, 5.74) is 6.95. The van der Waals surface area contributed by atoms with Crippen LogP contribution in [0.4, 0.5) is 15.8 Å². The number of Topliss-reactive ketones (excluding diaryl/α,β-unsaturated/α-hetero) is 1. The average Bonchev–Trinajstić information content (AvgIpc) is 3.48. The van der Waals surface area contributed by atoms with Crippen molar-refractivity contribution < 1.29 is 14.0 Å². The van der Waals surface area contributed by atoms with Crippen LogP contribution in [0.1, 0.15) is 55.0 Å². The Hall–Kier alpha value is -4.97. The minimum absolute atomic E-state index is 0.00791. The number of carbonyl (C=O) groups is 2. The number of hydrogen-bond acceptors (Lipinski definition) is 3. The highest BCUT2D eigenvalue weighted by molar-refractivity contribution is 6.24. The molecule has 1 atom stereocenters. The van der Waals surface area contributed by atoms with Crippen LogP contribution in [-0.4, -0.2) is 16.7 Å². The first-order valence-electron chi connectivity index (χ1n) is 14.6. The van der Waals surface area contributed by atoms with Gasteiger partial charge in [0.15, 0.2) is 5.78 Å². The van der Waals surface area contributed by atoms with Crippen molar-refractivity contribution >= 4 is 39.5 Å². The lowest BCUT2D eigenvalue weighted by molar-refractivity contribution is -0.119. The van der Waals surface area contributed by atoms with Crippen LogP contribution < -0.4 is 10.2 Å². The first-order chi connectivity index (χ1) is 20.8. The monoisotopic (exact) mass is 569 g/mol. The molecule has 4 aromatic carbocycles. The van der Waals surface area contributed by atoms with E-state index in [2.05, 4.69) is 24.1 Å². The Morgan fingerprint density at radius 1 is 0.860 bits per heavy atom. The zero-order chi connectivity index (χ0) is 29.7. The number of nitrogens with zero attached hydrogens (tertiary/aromatic N) is 1. The molecule has 0 saturated heterocycles. The van der Waals surface area contributed by atoms with Crippen molar-refractivity contribution in [2.75, 3.05) is 10.2 Å². The maximum absolute atomic E-state index is 14.5. The predicted octanol–water partition coefficient (Wildman–Crippen LogP) is 8.20. The van der Waals surface area contributed by atoms with Crippen molar-refractivity contribution in [2.45, 2.75) is 39.2 Å². The molecule has 1 aliphatic heterocycles. The van der Waals surface area contributed by atoms with Gasteiger partial charge in [0.25, 0.3) is 0 Å². The fourth-order valence-corrected chi connectivity index (χ4v) is 6.68. The van der Waals surface area contributed by atoms with Crippen LogP contribution in [0.25, 0.3) is 16.5 Å². The van der Waals surface area contributed by atoms with Crippen molar-refractivity contribution in [1.29, 1.82) is 0 Å². The number of aromatic amines is 1. The number of hydrogen-bond donors (Lipinski definition) is 2. The summed E-state index contributed by atoms with van der Waals surface area (Å²) in [6.07, 6.45) is 0.997. The highest BCUT2D eigenvalue weighted by atomic mass is 19.1. The van der Waals surface area contributed by atoms with Gasteiger partial charge < -0.3 is 15.2 Å². The van der Waals surface area contributed by atoms with E-state index in [0.717, 1.165) is 39.0 Å². The first kappa shape index (κ1) is 26.9. The van der Waals surface area contributed by atoms with E-state index in [0.29, 0.717) is 36.3 Å². The molecular weight excluding hydrogens is 537 g/mol. The minimum Gasteiger partial charge on any atom is -0.358 e. The molecule has 2 aliphatic rings. The van der Waals surface area contributed by atoms with Crippen molar-refractivity contribution in [2.24, 2.45) is 5.41 Å². The summed E-state index contributed by atoms with van der Waals surface area (Å²) in [6, 6.07) is 32.0. The van der Waals surface area contributed by atoms with E-state index in [4.69, 9.17) is 0 Å². The molecule has 1 unspecified atom stereocenters. The molecule has 5 aromatic rings. The Balaban J connectivity index is 1.43. The van der Waals surface area contributed by atoms with Gasteiger partial charge in [0, 0.05) is 40.0 Å². The number of allylic oxidation sites excluding steroid dienone is 2.